The summed E-state index contributed by atoms with van der Waals surface area (Å²) in [5.41, 5.74) is 6.67. The first-order valence-electron chi connectivity index (χ1n) is 6.08. The molecule has 8 nitrogen and oxygen atoms in total. The molecule has 1 aromatic rings. The van der Waals surface area contributed by atoms with Crippen LogP contribution in [0.25, 0.3) is 0 Å². The van der Waals surface area contributed by atoms with Gasteiger partial charge in [0.05, 0.1) is 0 Å². The molecule has 0 unspecified atom stereocenters. The van der Waals surface area contributed by atoms with Gasteiger partial charge in [-0.3, -0.25) is 19.3 Å². The van der Waals surface area contributed by atoms with Crippen molar-refractivity contribution < 1.29 is 19.2 Å². The van der Waals surface area contributed by atoms with E-state index in [4.69, 9.17) is 5.73 Å². The van der Waals surface area contributed by atoms with E-state index in [1.54, 1.807) is 24.3 Å². The highest BCUT2D eigenvalue weighted by Gasteiger charge is 2.43. The number of nitrogen functional groups attached to an aromatic ring is 1. The fraction of sp³-hybridized carbons (Fsp3) is 0.231. The van der Waals surface area contributed by atoms with E-state index in [2.05, 4.69) is 0 Å². The van der Waals surface area contributed by atoms with E-state index in [0.717, 1.165) is 0 Å². The standard InChI is InChI=1S/C13H14N4O4/c1-15(9-5-3-8(14)4-6-9)10(18)7-17-12(20)11(19)16(2)13(17)21/h3-6H,7,14H2,1-2H3. The lowest BCUT2D eigenvalue weighted by molar-refractivity contribution is -0.143. The normalized spacial score (nSPS) is 14.9. The third-order valence-corrected chi connectivity index (χ3v) is 3.20. The molecule has 1 heterocycles. The van der Waals surface area contributed by atoms with Crippen LogP contribution in [0.5, 0.6) is 0 Å². The molecule has 0 aliphatic carbocycles. The Hall–Kier alpha value is -2.90. The van der Waals surface area contributed by atoms with E-state index in [-0.39, 0.29) is 0 Å². The van der Waals surface area contributed by atoms with Gasteiger partial charge in [0.2, 0.25) is 5.91 Å². The summed E-state index contributed by atoms with van der Waals surface area (Å²) in [6, 6.07) is 5.73. The van der Waals surface area contributed by atoms with Gasteiger partial charge < -0.3 is 10.6 Å². The molecule has 110 valence electrons. The van der Waals surface area contributed by atoms with Crippen LogP contribution in [0.15, 0.2) is 24.3 Å². The molecule has 1 aliphatic heterocycles. The number of rotatable bonds is 3. The molecule has 5 amide bonds. The Bertz CT molecular complexity index is 626. The Balaban J connectivity index is 2.11. The minimum atomic E-state index is -0.999. The monoisotopic (exact) mass is 290 g/mol. The molecule has 0 bridgehead atoms. The summed E-state index contributed by atoms with van der Waals surface area (Å²) in [5.74, 6) is -2.44. The lowest BCUT2D eigenvalue weighted by Gasteiger charge is -2.20. The second kappa shape index (κ2) is 5.23. The van der Waals surface area contributed by atoms with Gasteiger partial charge in [0.25, 0.3) is 0 Å². The largest absolute Gasteiger partial charge is 0.399 e. The van der Waals surface area contributed by atoms with E-state index in [1.807, 2.05) is 0 Å². The van der Waals surface area contributed by atoms with Gasteiger partial charge in [-0.05, 0) is 24.3 Å². The predicted molar refractivity (Wildman–Crippen MR) is 74.1 cm³/mol. The molecule has 1 aromatic carbocycles. The van der Waals surface area contributed by atoms with Crippen LogP contribution in [0.4, 0.5) is 16.2 Å². The molecule has 21 heavy (non-hydrogen) atoms. The maximum absolute atomic E-state index is 12.1. The summed E-state index contributed by atoms with van der Waals surface area (Å²) in [6.07, 6.45) is 0. The first-order chi connectivity index (χ1) is 9.82. The molecule has 0 spiro atoms. The zero-order valence-corrected chi connectivity index (χ0v) is 11.6. The molecule has 0 saturated carbocycles. The van der Waals surface area contributed by atoms with Crippen LogP contribution in [0.2, 0.25) is 0 Å². The van der Waals surface area contributed by atoms with Crippen LogP contribution in [0, 0.1) is 0 Å². The van der Waals surface area contributed by atoms with Crippen molar-refractivity contribution >= 4 is 35.1 Å². The predicted octanol–water partition coefficient (Wildman–Crippen LogP) is -0.348. The summed E-state index contributed by atoms with van der Waals surface area (Å²) in [6.45, 7) is -0.491. The first kappa shape index (κ1) is 14.5. The van der Waals surface area contributed by atoms with Crippen molar-refractivity contribution in [1.82, 2.24) is 9.80 Å². The van der Waals surface area contributed by atoms with E-state index >= 15 is 0 Å². The molecule has 2 rings (SSSR count). The average molecular weight is 290 g/mol. The van der Waals surface area contributed by atoms with Crippen molar-refractivity contribution in [2.24, 2.45) is 0 Å². The number of hydrogen-bond donors (Lipinski definition) is 1. The summed E-state index contributed by atoms with van der Waals surface area (Å²) in [4.78, 5) is 49.3. The van der Waals surface area contributed by atoms with E-state index in [9.17, 15) is 19.2 Å². The Kier molecular flexibility index (Phi) is 3.62. The van der Waals surface area contributed by atoms with Crippen molar-refractivity contribution in [3.63, 3.8) is 0 Å². The van der Waals surface area contributed by atoms with Gasteiger partial charge >= 0.3 is 17.8 Å². The number of nitrogens with zero attached hydrogens (tertiary/aromatic N) is 3. The molecular formula is C13H14N4O4. The number of likely N-dealkylation sites (N-methyl/N-ethyl adjacent to an activating group) is 2. The van der Waals surface area contributed by atoms with Crippen molar-refractivity contribution in [2.45, 2.75) is 0 Å². The van der Waals surface area contributed by atoms with Crippen LogP contribution in [-0.2, 0) is 14.4 Å². The Morgan fingerprint density at radius 3 is 2.19 bits per heavy atom. The molecule has 0 atom stereocenters. The number of urea groups is 1. The third-order valence-electron chi connectivity index (χ3n) is 3.20. The number of hydrogen-bond acceptors (Lipinski definition) is 5. The number of imide groups is 2. The molecule has 0 aromatic heterocycles. The number of nitrogens with two attached hydrogens (primary N) is 1. The first-order valence-corrected chi connectivity index (χ1v) is 6.08. The van der Waals surface area contributed by atoms with Crippen molar-refractivity contribution in [1.29, 1.82) is 0 Å². The fourth-order valence-electron chi connectivity index (χ4n) is 1.84. The quantitative estimate of drug-likeness (QED) is 0.465. The molecular weight excluding hydrogens is 276 g/mol. The SMILES string of the molecule is CN1C(=O)C(=O)N(CC(=O)N(C)c2ccc(N)cc2)C1=O. The molecule has 8 heteroatoms. The number of benzene rings is 1. The minimum absolute atomic E-state index is 0.491. The van der Waals surface area contributed by atoms with Crippen molar-refractivity contribution in [3.8, 4) is 0 Å². The highest BCUT2D eigenvalue weighted by molar-refractivity contribution is 6.44. The highest BCUT2D eigenvalue weighted by atomic mass is 16.2. The van der Waals surface area contributed by atoms with Crippen molar-refractivity contribution in [3.05, 3.63) is 24.3 Å². The average Bonchev–Trinajstić information content (AvgIpc) is 2.65. The highest BCUT2D eigenvalue weighted by Crippen LogP contribution is 2.16. The van der Waals surface area contributed by atoms with Crippen LogP contribution in [0.1, 0.15) is 0 Å². The fourth-order valence-corrected chi connectivity index (χ4v) is 1.84. The molecule has 1 saturated heterocycles. The van der Waals surface area contributed by atoms with Gasteiger partial charge in [-0.25, -0.2) is 9.69 Å². The molecule has 1 aliphatic rings. The molecule has 0 radical (unpaired) electrons. The number of carbonyl (C=O) groups is 4. The van der Waals surface area contributed by atoms with Gasteiger partial charge in [0.1, 0.15) is 6.54 Å². The summed E-state index contributed by atoms with van der Waals surface area (Å²) < 4.78 is 0. The Morgan fingerprint density at radius 1 is 1.14 bits per heavy atom. The van der Waals surface area contributed by atoms with Gasteiger partial charge in [0.15, 0.2) is 0 Å². The second-order valence-corrected chi connectivity index (χ2v) is 4.58. The van der Waals surface area contributed by atoms with Crippen LogP contribution < -0.4 is 10.6 Å². The van der Waals surface area contributed by atoms with E-state index < -0.39 is 30.3 Å². The number of anilines is 2. The van der Waals surface area contributed by atoms with E-state index in [0.29, 0.717) is 21.2 Å². The number of carbonyl (C=O) groups excluding carboxylic acids is 4. The zero-order chi connectivity index (χ0) is 15.7. The maximum Gasteiger partial charge on any atom is 0.334 e. The van der Waals surface area contributed by atoms with Crippen LogP contribution >= 0.6 is 0 Å². The van der Waals surface area contributed by atoms with Gasteiger partial charge in [-0.15, -0.1) is 0 Å². The van der Waals surface area contributed by atoms with Gasteiger partial charge in [-0.2, -0.15) is 0 Å². The summed E-state index contributed by atoms with van der Waals surface area (Å²) in [5, 5.41) is 0. The van der Waals surface area contributed by atoms with Gasteiger partial charge in [0, 0.05) is 25.5 Å². The lowest BCUT2D eigenvalue weighted by atomic mass is 10.2. The van der Waals surface area contributed by atoms with Gasteiger partial charge in [-0.1, -0.05) is 0 Å². The van der Waals surface area contributed by atoms with Crippen molar-refractivity contribution in [2.75, 3.05) is 31.3 Å². The van der Waals surface area contributed by atoms with Crippen LogP contribution in [-0.4, -0.2) is 54.2 Å². The maximum atomic E-state index is 12.1. The smallest absolute Gasteiger partial charge is 0.334 e. The topological polar surface area (TPSA) is 104 Å². The second-order valence-electron chi connectivity index (χ2n) is 4.58. The minimum Gasteiger partial charge on any atom is -0.399 e. The van der Waals surface area contributed by atoms with Crippen LogP contribution in [0.3, 0.4) is 0 Å². The lowest BCUT2D eigenvalue weighted by Crippen LogP contribution is -2.42. The number of amides is 5. The summed E-state index contributed by atoms with van der Waals surface area (Å²) in [7, 11) is 2.70. The molecule has 1 fully saturated rings. The third kappa shape index (κ3) is 2.55. The summed E-state index contributed by atoms with van der Waals surface area (Å²) >= 11 is 0. The molecule has 2 N–H and O–H groups in total. The Labute approximate surface area is 120 Å². The zero-order valence-electron chi connectivity index (χ0n) is 11.6. The van der Waals surface area contributed by atoms with E-state index in [1.165, 1.54) is 19.0 Å². The Morgan fingerprint density at radius 2 is 1.71 bits per heavy atom.